The van der Waals surface area contributed by atoms with Gasteiger partial charge in [-0.3, -0.25) is 0 Å². The van der Waals surface area contributed by atoms with Crippen LogP contribution in [0.5, 0.6) is 0 Å². The normalized spacial score (nSPS) is 12.9. The SMILES string of the molecule is CCCNC(c1csc(C)n1)c1nccn1C. The van der Waals surface area contributed by atoms with Gasteiger partial charge in [0.2, 0.25) is 0 Å². The molecule has 17 heavy (non-hydrogen) atoms. The Balaban J connectivity index is 2.28. The van der Waals surface area contributed by atoms with Gasteiger partial charge in [0, 0.05) is 24.8 Å². The number of aromatic nitrogens is 3. The van der Waals surface area contributed by atoms with Crippen molar-refractivity contribution in [3.63, 3.8) is 0 Å². The van der Waals surface area contributed by atoms with E-state index in [1.165, 1.54) is 0 Å². The smallest absolute Gasteiger partial charge is 0.131 e. The van der Waals surface area contributed by atoms with Crippen LogP contribution in [0.1, 0.15) is 35.9 Å². The van der Waals surface area contributed by atoms with Crippen LogP contribution in [0.2, 0.25) is 0 Å². The summed E-state index contributed by atoms with van der Waals surface area (Å²) in [5.41, 5.74) is 1.07. The lowest BCUT2D eigenvalue weighted by atomic mass is 10.2. The summed E-state index contributed by atoms with van der Waals surface area (Å²) in [6.45, 7) is 5.16. The van der Waals surface area contributed by atoms with E-state index in [0.29, 0.717) is 0 Å². The molecule has 1 N–H and O–H groups in total. The van der Waals surface area contributed by atoms with E-state index in [4.69, 9.17) is 0 Å². The molecule has 4 nitrogen and oxygen atoms in total. The first-order valence-corrected chi connectivity index (χ1v) is 6.73. The summed E-state index contributed by atoms with van der Waals surface area (Å²) < 4.78 is 2.04. The van der Waals surface area contributed by atoms with Crippen molar-refractivity contribution in [1.29, 1.82) is 0 Å². The Labute approximate surface area is 106 Å². The van der Waals surface area contributed by atoms with Crippen molar-refractivity contribution in [2.24, 2.45) is 7.05 Å². The van der Waals surface area contributed by atoms with E-state index < -0.39 is 0 Å². The highest BCUT2D eigenvalue weighted by atomic mass is 32.1. The van der Waals surface area contributed by atoms with Gasteiger partial charge in [0.05, 0.1) is 10.7 Å². The van der Waals surface area contributed by atoms with Gasteiger partial charge >= 0.3 is 0 Å². The zero-order chi connectivity index (χ0) is 12.3. The molecule has 0 aliphatic heterocycles. The van der Waals surface area contributed by atoms with Crippen LogP contribution in [0.15, 0.2) is 17.8 Å². The van der Waals surface area contributed by atoms with Gasteiger partial charge in [0.15, 0.2) is 0 Å². The molecule has 1 unspecified atom stereocenters. The van der Waals surface area contributed by atoms with Crippen molar-refractivity contribution in [2.75, 3.05) is 6.54 Å². The number of hydrogen-bond acceptors (Lipinski definition) is 4. The number of nitrogens with zero attached hydrogens (tertiary/aromatic N) is 3. The molecule has 2 aromatic heterocycles. The highest BCUT2D eigenvalue weighted by molar-refractivity contribution is 7.09. The van der Waals surface area contributed by atoms with Crippen LogP contribution in [0.3, 0.4) is 0 Å². The molecule has 92 valence electrons. The molecule has 0 aliphatic rings. The first-order chi connectivity index (χ1) is 8.22. The van der Waals surface area contributed by atoms with Crippen LogP contribution in [0.4, 0.5) is 0 Å². The summed E-state index contributed by atoms with van der Waals surface area (Å²) in [5, 5.41) is 6.71. The molecule has 2 rings (SSSR count). The maximum atomic E-state index is 4.56. The molecule has 0 spiro atoms. The first kappa shape index (κ1) is 12.3. The van der Waals surface area contributed by atoms with Gasteiger partial charge in [-0.25, -0.2) is 9.97 Å². The Kier molecular flexibility index (Phi) is 3.91. The molecule has 0 amide bonds. The molecule has 0 radical (unpaired) electrons. The third-order valence-electron chi connectivity index (χ3n) is 2.65. The minimum atomic E-state index is 0.0971. The molecule has 1 atom stereocenters. The molecule has 0 aromatic carbocycles. The molecular weight excluding hydrogens is 232 g/mol. The van der Waals surface area contributed by atoms with E-state index in [0.717, 1.165) is 29.5 Å². The third kappa shape index (κ3) is 2.73. The van der Waals surface area contributed by atoms with Crippen molar-refractivity contribution in [3.8, 4) is 0 Å². The van der Waals surface area contributed by atoms with Crippen molar-refractivity contribution in [1.82, 2.24) is 19.9 Å². The fourth-order valence-electron chi connectivity index (χ4n) is 1.78. The molecule has 0 saturated carbocycles. The van der Waals surface area contributed by atoms with Gasteiger partial charge in [0.25, 0.3) is 0 Å². The molecule has 5 heteroatoms. The number of rotatable bonds is 5. The highest BCUT2D eigenvalue weighted by Gasteiger charge is 2.19. The molecule has 0 bridgehead atoms. The van der Waals surface area contributed by atoms with Gasteiger partial charge in [0.1, 0.15) is 11.9 Å². The molecule has 0 aliphatic carbocycles. The third-order valence-corrected chi connectivity index (χ3v) is 3.44. The second-order valence-corrected chi connectivity index (χ2v) is 5.14. The molecule has 0 fully saturated rings. The minimum absolute atomic E-state index is 0.0971. The van der Waals surface area contributed by atoms with Gasteiger partial charge in [-0.1, -0.05) is 6.92 Å². The van der Waals surface area contributed by atoms with Crippen molar-refractivity contribution < 1.29 is 0 Å². The van der Waals surface area contributed by atoms with Crippen LogP contribution in [0, 0.1) is 6.92 Å². The fourth-order valence-corrected chi connectivity index (χ4v) is 2.42. The van der Waals surface area contributed by atoms with E-state index in [1.807, 2.05) is 30.9 Å². The second-order valence-electron chi connectivity index (χ2n) is 4.07. The standard InChI is InChI=1S/C12H18N4S/c1-4-5-13-11(10-8-17-9(2)15-10)12-14-6-7-16(12)3/h6-8,11,13H,4-5H2,1-3H3. The van der Waals surface area contributed by atoms with Gasteiger partial charge in [-0.05, 0) is 19.9 Å². The fraction of sp³-hybridized carbons (Fsp3) is 0.500. The van der Waals surface area contributed by atoms with Crippen molar-refractivity contribution in [2.45, 2.75) is 26.3 Å². The van der Waals surface area contributed by atoms with E-state index >= 15 is 0 Å². The van der Waals surface area contributed by atoms with Crippen molar-refractivity contribution in [3.05, 3.63) is 34.3 Å². The topological polar surface area (TPSA) is 42.7 Å². The lowest BCUT2D eigenvalue weighted by molar-refractivity contribution is 0.546. The Morgan fingerprint density at radius 1 is 1.53 bits per heavy atom. The number of nitrogens with one attached hydrogen (secondary N) is 1. The maximum Gasteiger partial charge on any atom is 0.131 e. The first-order valence-electron chi connectivity index (χ1n) is 5.85. The monoisotopic (exact) mass is 250 g/mol. The Hall–Kier alpha value is -1.20. The Bertz CT molecular complexity index is 474. The van der Waals surface area contributed by atoms with Crippen LogP contribution >= 0.6 is 11.3 Å². The summed E-state index contributed by atoms with van der Waals surface area (Å²) in [4.78, 5) is 8.98. The van der Waals surface area contributed by atoms with E-state index in [-0.39, 0.29) is 6.04 Å². The lowest BCUT2D eigenvalue weighted by Crippen LogP contribution is -2.26. The second kappa shape index (κ2) is 5.42. The molecular formula is C12H18N4S. The molecule has 0 saturated heterocycles. The predicted molar refractivity (Wildman–Crippen MR) is 70.2 cm³/mol. The van der Waals surface area contributed by atoms with E-state index in [2.05, 4.69) is 27.6 Å². The van der Waals surface area contributed by atoms with Crippen LogP contribution in [-0.4, -0.2) is 21.1 Å². The molecule has 2 aromatic rings. The molecule has 2 heterocycles. The predicted octanol–water partition coefficient (Wildman–Crippen LogP) is 2.27. The Morgan fingerprint density at radius 3 is 2.88 bits per heavy atom. The number of hydrogen-bond donors (Lipinski definition) is 1. The summed E-state index contributed by atoms with van der Waals surface area (Å²) in [5.74, 6) is 1.02. The summed E-state index contributed by atoms with van der Waals surface area (Å²) in [6, 6.07) is 0.0971. The van der Waals surface area contributed by atoms with Crippen molar-refractivity contribution >= 4 is 11.3 Å². The largest absolute Gasteiger partial charge is 0.336 e. The van der Waals surface area contributed by atoms with Gasteiger partial charge in [-0.15, -0.1) is 11.3 Å². The quantitative estimate of drug-likeness (QED) is 0.885. The highest BCUT2D eigenvalue weighted by Crippen LogP contribution is 2.21. The zero-order valence-electron chi connectivity index (χ0n) is 10.5. The minimum Gasteiger partial charge on any atom is -0.336 e. The average molecular weight is 250 g/mol. The van der Waals surface area contributed by atoms with Crippen LogP contribution < -0.4 is 5.32 Å². The van der Waals surface area contributed by atoms with Gasteiger partial charge in [-0.2, -0.15) is 0 Å². The zero-order valence-corrected chi connectivity index (χ0v) is 11.3. The lowest BCUT2D eigenvalue weighted by Gasteiger charge is -2.16. The summed E-state index contributed by atoms with van der Waals surface area (Å²) in [7, 11) is 2.02. The van der Waals surface area contributed by atoms with Crippen LogP contribution in [0.25, 0.3) is 0 Å². The summed E-state index contributed by atoms with van der Waals surface area (Å²) in [6.07, 6.45) is 4.90. The van der Waals surface area contributed by atoms with E-state index in [1.54, 1.807) is 11.3 Å². The maximum absolute atomic E-state index is 4.56. The number of aryl methyl sites for hydroxylation is 2. The number of thiazole rings is 1. The Morgan fingerprint density at radius 2 is 2.35 bits per heavy atom. The summed E-state index contributed by atoms with van der Waals surface area (Å²) >= 11 is 1.68. The van der Waals surface area contributed by atoms with Crippen LogP contribution in [-0.2, 0) is 7.05 Å². The van der Waals surface area contributed by atoms with Gasteiger partial charge < -0.3 is 9.88 Å². The average Bonchev–Trinajstić information content (AvgIpc) is 2.90. The number of imidazole rings is 1. The van der Waals surface area contributed by atoms with E-state index in [9.17, 15) is 0 Å².